The predicted molar refractivity (Wildman–Crippen MR) is 66.3 cm³/mol. The van der Waals surface area contributed by atoms with E-state index in [0.29, 0.717) is 11.6 Å². The van der Waals surface area contributed by atoms with Gasteiger partial charge in [-0.3, -0.25) is 0 Å². The van der Waals surface area contributed by atoms with E-state index in [2.05, 4.69) is 0 Å². The van der Waals surface area contributed by atoms with E-state index in [1.165, 1.54) is 6.08 Å². The van der Waals surface area contributed by atoms with E-state index < -0.39 is 0 Å². The van der Waals surface area contributed by atoms with Crippen LogP contribution in [-0.2, 0) is 9.53 Å². The number of carbonyl (C=O) groups excluding carboxylic acids is 1. The average molecular weight is 237 g/mol. The summed E-state index contributed by atoms with van der Waals surface area (Å²) in [4.78, 5) is 11.0. The van der Waals surface area contributed by atoms with Gasteiger partial charge in [0.25, 0.3) is 0 Å². The fourth-order valence-corrected chi connectivity index (χ4v) is 1.29. The van der Waals surface area contributed by atoms with E-state index in [4.69, 9.17) is 16.3 Å². The summed E-state index contributed by atoms with van der Waals surface area (Å²) in [6.45, 7) is 2.16. The first-order valence-electron chi connectivity index (χ1n) is 5.00. The van der Waals surface area contributed by atoms with Gasteiger partial charge in [0.2, 0.25) is 0 Å². The highest BCUT2D eigenvalue weighted by Gasteiger charge is 1.92. The van der Waals surface area contributed by atoms with Crippen molar-refractivity contribution in [2.75, 3.05) is 6.61 Å². The van der Waals surface area contributed by atoms with Crippen LogP contribution in [-0.4, -0.2) is 12.6 Å². The van der Waals surface area contributed by atoms with Crippen LogP contribution in [0.3, 0.4) is 0 Å². The van der Waals surface area contributed by atoms with Crippen LogP contribution in [0.5, 0.6) is 0 Å². The van der Waals surface area contributed by atoms with Gasteiger partial charge in [-0.15, -0.1) is 0 Å². The molecule has 0 fully saturated rings. The molecule has 0 aliphatic heterocycles. The van der Waals surface area contributed by atoms with Crippen molar-refractivity contribution in [3.8, 4) is 0 Å². The molecule has 1 aromatic carbocycles. The van der Waals surface area contributed by atoms with Crippen LogP contribution in [0.4, 0.5) is 0 Å². The maximum absolute atomic E-state index is 11.0. The molecule has 0 saturated carbocycles. The second-order valence-corrected chi connectivity index (χ2v) is 3.40. The molecule has 0 N–H and O–H groups in total. The zero-order valence-corrected chi connectivity index (χ0v) is 9.78. The highest BCUT2D eigenvalue weighted by molar-refractivity contribution is 6.32. The van der Waals surface area contributed by atoms with Crippen molar-refractivity contribution in [2.45, 2.75) is 6.92 Å². The predicted octanol–water partition coefficient (Wildman–Crippen LogP) is 3.47. The lowest BCUT2D eigenvalue weighted by Gasteiger charge is -1.95. The average Bonchev–Trinajstić information content (AvgIpc) is 2.27. The molecule has 0 spiro atoms. The van der Waals surface area contributed by atoms with Gasteiger partial charge in [0.05, 0.1) is 6.61 Å². The number of halogens is 1. The maximum Gasteiger partial charge on any atom is 0.330 e. The molecule has 16 heavy (non-hydrogen) atoms. The minimum atomic E-state index is -0.341. The maximum atomic E-state index is 11.0. The van der Waals surface area contributed by atoms with E-state index in [0.717, 1.165) is 5.56 Å². The van der Waals surface area contributed by atoms with Gasteiger partial charge in [0.1, 0.15) is 0 Å². The summed E-state index contributed by atoms with van der Waals surface area (Å²) in [5.41, 5.74) is 0.915. The first-order chi connectivity index (χ1) is 7.74. The normalized spacial score (nSPS) is 11.1. The van der Waals surface area contributed by atoms with Gasteiger partial charge in [-0.25, -0.2) is 4.79 Å². The van der Waals surface area contributed by atoms with Crippen molar-refractivity contribution < 1.29 is 9.53 Å². The Balaban J connectivity index is 2.55. The second kappa shape index (κ2) is 6.85. The van der Waals surface area contributed by atoms with E-state index in [1.54, 1.807) is 19.1 Å². The Bertz CT molecular complexity index is 408. The van der Waals surface area contributed by atoms with Gasteiger partial charge in [-0.2, -0.15) is 0 Å². The molecule has 2 nitrogen and oxygen atoms in total. The Morgan fingerprint density at radius 3 is 2.81 bits per heavy atom. The largest absolute Gasteiger partial charge is 0.463 e. The number of esters is 1. The Morgan fingerprint density at radius 1 is 1.38 bits per heavy atom. The molecule has 0 radical (unpaired) electrons. The van der Waals surface area contributed by atoms with Gasteiger partial charge >= 0.3 is 5.97 Å². The van der Waals surface area contributed by atoms with Crippen molar-refractivity contribution in [2.24, 2.45) is 0 Å². The Labute approximate surface area is 100 Å². The zero-order chi connectivity index (χ0) is 11.8. The lowest BCUT2D eigenvalue weighted by molar-refractivity contribution is -0.137. The van der Waals surface area contributed by atoms with Crippen LogP contribution in [0.25, 0.3) is 6.08 Å². The minimum Gasteiger partial charge on any atom is -0.463 e. The summed E-state index contributed by atoms with van der Waals surface area (Å²) in [5, 5.41) is 0.684. The number of ether oxygens (including phenoxy) is 1. The molecule has 84 valence electrons. The molecule has 0 aromatic heterocycles. The standard InChI is InChI=1S/C13H13ClO2/c1-2-16-13(15)10-6-4-8-11-7-3-5-9-12(11)14/h3-10H,2H2,1H3/b8-4+,10-6+. The SMILES string of the molecule is CCOC(=O)/C=C/C=C/c1ccccc1Cl. The van der Waals surface area contributed by atoms with Crippen LogP contribution in [0.2, 0.25) is 5.02 Å². The molecule has 0 bridgehead atoms. The first kappa shape index (κ1) is 12.5. The first-order valence-corrected chi connectivity index (χ1v) is 5.38. The van der Waals surface area contributed by atoms with Crippen LogP contribution < -0.4 is 0 Å². The van der Waals surface area contributed by atoms with Crippen molar-refractivity contribution in [3.05, 3.63) is 53.1 Å². The number of benzene rings is 1. The molecule has 0 aliphatic carbocycles. The van der Waals surface area contributed by atoms with Gasteiger partial charge in [-0.05, 0) is 18.6 Å². The number of rotatable bonds is 4. The summed E-state index contributed by atoms with van der Waals surface area (Å²) in [6.07, 6.45) is 6.58. The van der Waals surface area contributed by atoms with Crippen molar-refractivity contribution in [3.63, 3.8) is 0 Å². The van der Waals surface area contributed by atoms with E-state index >= 15 is 0 Å². The number of hydrogen-bond donors (Lipinski definition) is 0. The van der Waals surface area contributed by atoms with Crippen LogP contribution in [0.1, 0.15) is 12.5 Å². The van der Waals surface area contributed by atoms with Crippen LogP contribution in [0.15, 0.2) is 42.5 Å². The second-order valence-electron chi connectivity index (χ2n) is 2.99. The number of allylic oxidation sites excluding steroid dienone is 2. The molecule has 0 unspecified atom stereocenters. The summed E-state index contributed by atoms with van der Waals surface area (Å²) < 4.78 is 4.73. The van der Waals surface area contributed by atoms with Crippen molar-refractivity contribution in [1.82, 2.24) is 0 Å². The lowest BCUT2D eigenvalue weighted by Crippen LogP contribution is -1.98. The highest BCUT2D eigenvalue weighted by atomic mass is 35.5. The van der Waals surface area contributed by atoms with E-state index in [1.807, 2.05) is 30.3 Å². The fraction of sp³-hybridized carbons (Fsp3) is 0.154. The lowest BCUT2D eigenvalue weighted by atomic mass is 10.2. The third kappa shape index (κ3) is 4.32. The third-order valence-electron chi connectivity index (χ3n) is 1.81. The van der Waals surface area contributed by atoms with Gasteiger partial charge < -0.3 is 4.74 Å². The quantitative estimate of drug-likeness (QED) is 0.455. The molecule has 0 heterocycles. The molecule has 3 heteroatoms. The van der Waals surface area contributed by atoms with E-state index in [-0.39, 0.29) is 5.97 Å². The zero-order valence-electron chi connectivity index (χ0n) is 9.02. The van der Waals surface area contributed by atoms with E-state index in [9.17, 15) is 4.79 Å². The monoisotopic (exact) mass is 236 g/mol. The molecular weight excluding hydrogens is 224 g/mol. The molecule has 0 atom stereocenters. The van der Waals surface area contributed by atoms with Gasteiger partial charge in [0, 0.05) is 11.1 Å². The summed E-state index contributed by atoms with van der Waals surface area (Å²) in [6, 6.07) is 7.49. The smallest absolute Gasteiger partial charge is 0.330 e. The number of carbonyl (C=O) groups is 1. The molecule has 0 saturated heterocycles. The molecule has 1 rings (SSSR count). The molecule has 0 aliphatic rings. The fourth-order valence-electron chi connectivity index (χ4n) is 1.09. The molecule has 0 amide bonds. The molecular formula is C13H13ClO2. The van der Waals surface area contributed by atoms with Gasteiger partial charge in [-0.1, -0.05) is 48.0 Å². The summed E-state index contributed by atoms with van der Waals surface area (Å²) in [5.74, 6) is -0.341. The summed E-state index contributed by atoms with van der Waals surface area (Å²) >= 11 is 5.95. The minimum absolute atomic E-state index is 0.341. The Morgan fingerprint density at radius 2 is 2.12 bits per heavy atom. The van der Waals surface area contributed by atoms with Crippen LogP contribution >= 0.6 is 11.6 Å². The van der Waals surface area contributed by atoms with Crippen LogP contribution in [0, 0.1) is 0 Å². The van der Waals surface area contributed by atoms with Crippen molar-refractivity contribution >= 4 is 23.6 Å². The Kier molecular flexibility index (Phi) is 5.37. The highest BCUT2D eigenvalue weighted by Crippen LogP contribution is 2.16. The summed E-state index contributed by atoms with van der Waals surface area (Å²) in [7, 11) is 0. The third-order valence-corrected chi connectivity index (χ3v) is 2.16. The number of hydrogen-bond acceptors (Lipinski definition) is 2. The molecule has 1 aromatic rings. The Hall–Kier alpha value is -1.54. The topological polar surface area (TPSA) is 26.3 Å². The van der Waals surface area contributed by atoms with Crippen molar-refractivity contribution in [1.29, 1.82) is 0 Å². The van der Waals surface area contributed by atoms with Gasteiger partial charge in [0.15, 0.2) is 0 Å².